The normalized spacial score (nSPS) is 19.4. The summed E-state index contributed by atoms with van der Waals surface area (Å²) >= 11 is 0. The lowest BCUT2D eigenvalue weighted by Crippen LogP contribution is -2.36. The van der Waals surface area contributed by atoms with Crippen molar-refractivity contribution < 1.29 is 0 Å². The second kappa shape index (κ2) is 6.13. The zero-order chi connectivity index (χ0) is 14.7. The average molecular weight is 281 g/mol. The molecule has 1 atom stereocenters. The Bertz CT molecular complexity index is 577. The molecule has 0 radical (unpaired) electrons. The second-order valence-electron chi connectivity index (χ2n) is 5.42. The number of nitrogens with two attached hydrogens (primary N) is 1. The number of aromatic amines is 1. The predicted octanol–water partition coefficient (Wildman–Crippen LogP) is 0.0349. The summed E-state index contributed by atoms with van der Waals surface area (Å²) in [6.45, 7) is 4.43. The van der Waals surface area contributed by atoms with Crippen LogP contribution in [0.3, 0.4) is 0 Å². The van der Waals surface area contributed by atoms with Crippen molar-refractivity contribution in [2.75, 3.05) is 31.2 Å². The van der Waals surface area contributed by atoms with Gasteiger partial charge in [0.05, 0.1) is 0 Å². The van der Waals surface area contributed by atoms with Gasteiger partial charge in [-0.3, -0.25) is 14.3 Å². The smallest absolute Gasteiger partial charge is 0.330 e. The van der Waals surface area contributed by atoms with E-state index in [9.17, 15) is 9.59 Å². The molecular formula is C13H23N5O2. The van der Waals surface area contributed by atoms with Crippen LogP contribution in [0, 0.1) is 0 Å². The minimum Gasteiger partial charge on any atom is -0.383 e. The van der Waals surface area contributed by atoms with Gasteiger partial charge in [0.15, 0.2) is 0 Å². The fraction of sp³-hybridized carbons (Fsp3) is 0.692. The van der Waals surface area contributed by atoms with Crippen LogP contribution in [0.5, 0.6) is 0 Å². The Morgan fingerprint density at radius 3 is 2.80 bits per heavy atom. The fourth-order valence-corrected chi connectivity index (χ4v) is 2.52. The number of rotatable bonds is 5. The van der Waals surface area contributed by atoms with Gasteiger partial charge in [0.1, 0.15) is 11.5 Å². The number of likely N-dealkylation sites (tertiary alicyclic amines) is 1. The van der Waals surface area contributed by atoms with Gasteiger partial charge < -0.3 is 16.0 Å². The van der Waals surface area contributed by atoms with Crippen molar-refractivity contribution in [3.63, 3.8) is 0 Å². The molecule has 20 heavy (non-hydrogen) atoms. The number of hydrogen-bond donors (Lipinski definition) is 3. The number of hydrogen-bond acceptors (Lipinski definition) is 5. The Kier molecular flexibility index (Phi) is 4.49. The molecule has 7 nitrogen and oxygen atoms in total. The Morgan fingerprint density at radius 2 is 2.20 bits per heavy atom. The molecule has 0 aromatic carbocycles. The first-order chi connectivity index (χ1) is 9.52. The molecule has 4 N–H and O–H groups in total. The first kappa shape index (κ1) is 14.6. The molecule has 1 aliphatic rings. The predicted molar refractivity (Wildman–Crippen MR) is 80.2 cm³/mol. The number of unbranched alkanes of at least 4 members (excludes halogenated alkanes) is 1. The molecule has 2 heterocycles. The second-order valence-corrected chi connectivity index (χ2v) is 5.42. The summed E-state index contributed by atoms with van der Waals surface area (Å²) in [6, 6.07) is 0.195. The van der Waals surface area contributed by atoms with Gasteiger partial charge in [-0.1, -0.05) is 13.3 Å². The summed E-state index contributed by atoms with van der Waals surface area (Å²) in [4.78, 5) is 28.3. The molecule has 0 amide bonds. The van der Waals surface area contributed by atoms with Crippen LogP contribution in [-0.2, 0) is 6.54 Å². The zero-order valence-electron chi connectivity index (χ0n) is 12.1. The monoisotopic (exact) mass is 281 g/mol. The number of H-pyrrole nitrogens is 1. The van der Waals surface area contributed by atoms with Crippen molar-refractivity contribution in [1.82, 2.24) is 14.5 Å². The van der Waals surface area contributed by atoms with Crippen molar-refractivity contribution >= 4 is 11.5 Å². The van der Waals surface area contributed by atoms with Gasteiger partial charge in [0, 0.05) is 19.1 Å². The summed E-state index contributed by atoms with van der Waals surface area (Å²) in [7, 11) is 2.04. The number of anilines is 2. The summed E-state index contributed by atoms with van der Waals surface area (Å²) in [5.74, 6) is 0.238. The van der Waals surface area contributed by atoms with Crippen LogP contribution >= 0.6 is 0 Å². The van der Waals surface area contributed by atoms with Gasteiger partial charge in [-0.25, -0.2) is 4.79 Å². The molecule has 1 aromatic heterocycles. The van der Waals surface area contributed by atoms with Gasteiger partial charge in [0.25, 0.3) is 5.56 Å². The van der Waals surface area contributed by atoms with Gasteiger partial charge in [0.2, 0.25) is 0 Å². The van der Waals surface area contributed by atoms with E-state index in [4.69, 9.17) is 5.73 Å². The third kappa shape index (κ3) is 3.04. The van der Waals surface area contributed by atoms with Crippen LogP contribution in [0.25, 0.3) is 0 Å². The highest BCUT2D eigenvalue weighted by Crippen LogP contribution is 2.16. The number of nitrogen functional groups attached to an aromatic ring is 1. The summed E-state index contributed by atoms with van der Waals surface area (Å²) < 4.78 is 1.44. The highest BCUT2D eigenvalue weighted by molar-refractivity contribution is 5.61. The first-order valence-corrected chi connectivity index (χ1v) is 7.10. The van der Waals surface area contributed by atoms with E-state index in [1.807, 2.05) is 14.0 Å². The van der Waals surface area contributed by atoms with Crippen molar-refractivity contribution in [3.05, 3.63) is 20.8 Å². The fourth-order valence-electron chi connectivity index (χ4n) is 2.52. The van der Waals surface area contributed by atoms with Crippen molar-refractivity contribution in [2.45, 2.75) is 38.8 Å². The lowest BCUT2D eigenvalue weighted by Gasteiger charge is -2.17. The molecule has 1 aliphatic heterocycles. The molecule has 0 aliphatic carbocycles. The van der Waals surface area contributed by atoms with Crippen molar-refractivity contribution in [3.8, 4) is 0 Å². The Hall–Kier alpha value is -1.76. The minimum absolute atomic E-state index is 0.195. The quantitative estimate of drug-likeness (QED) is 0.708. The largest absolute Gasteiger partial charge is 0.383 e. The standard InChI is InChI=1S/C13H23N5O2/c1-3-4-6-18-11(14)10(12(19)16-13(18)20)15-9-5-7-17(2)8-9/h9,15H,3-8,14H2,1-2H3,(H,16,19,20). The molecule has 7 heteroatoms. The van der Waals surface area contributed by atoms with Gasteiger partial charge in [-0.15, -0.1) is 0 Å². The topological polar surface area (TPSA) is 96.2 Å². The van der Waals surface area contributed by atoms with E-state index < -0.39 is 11.2 Å². The highest BCUT2D eigenvalue weighted by atomic mass is 16.2. The van der Waals surface area contributed by atoms with E-state index >= 15 is 0 Å². The maximum absolute atomic E-state index is 11.9. The van der Waals surface area contributed by atoms with E-state index in [-0.39, 0.29) is 11.9 Å². The number of nitrogens with zero attached hydrogens (tertiary/aromatic N) is 2. The van der Waals surface area contributed by atoms with Crippen molar-refractivity contribution in [1.29, 1.82) is 0 Å². The van der Waals surface area contributed by atoms with Gasteiger partial charge in [-0.05, 0) is 26.4 Å². The molecule has 1 unspecified atom stereocenters. The Labute approximate surface area is 117 Å². The van der Waals surface area contributed by atoms with E-state index in [2.05, 4.69) is 15.2 Å². The van der Waals surface area contributed by atoms with E-state index in [1.165, 1.54) is 4.57 Å². The van der Waals surface area contributed by atoms with Crippen LogP contribution < -0.4 is 22.3 Å². The summed E-state index contributed by atoms with van der Waals surface area (Å²) in [5, 5.41) is 3.18. The summed E-state index contributed by atoms with van der Waals surface area (Å²) in [5.41, 5.74) is 5.46. The zero-order valence-corrected chi connectivity index (χ0v) is 12.1. The molecule has 1 aromatic rings. The van der Waals surface area contributed by atoms with Gasteiger partial charge >= 0.3 is 5.69 Å². The SMILES string of the molecule is CCCCn1c(N)c(NC2CCN(C)C2)c(=O)[nH]c1=O. The van der Waals surface area contributed by atoms with Crippen LogP contribution in [0.4, 0.5) is 11.5 Å². The van der Waals surface area contributed by atoms with Crippen LogP contribution in [0.15, 0.2) is 9.59 Å². The van der Waals surface area contributed by atoms with Crippen LogP contribution in [0.1, 0.15) is 26.2 Å². The van der Waals surface area contributed by atoms with E-state index in [1.54, 1.807) is 0 Å². The number of likely N-dealkylation sites (N-methyl/N-ethyl adjacent to an activating group) is 1. The molecule has 1 saturated heterocycles. The van der Waals surface area contributed by atoms with Crippen LogP contribution in [-0.4, -0.2) is 40.6 Å². The molecule has 2 rings (SSSR count). The molecule has 0 bridgehead atoms. The third-order valence-electron chi connectivity index (χ3n) is 3.71. The Balaban J connectivity index is 2.27. The molecule has 1 fully saturated rings. The average Bonchev–Trinajstić information content (AvgIpc) is 2.80. The number of aromatic nitrogens is 2. The maximum atomic E-state index is 11.9. The van der Waals surface area contributed by atoms with Gasteiger partial charge in [-0.2, -0.15) is 0 Å². The van der Waals surface area contributed by atoms with Crippen molar-refractivity contribution in [2.24, 2.45) is 0 Å². The number of nitrogens with one attached hydrogen (secondary N) is 2. The molecule has 0 spiro atoms. The molecular weight excluding hydrogens is 258 g/mol. The molecule has 112 valence electrons. The maximum Gasteiger partial charge on any atom is 0.330 e. The summed E-state index contributed by atoms with van der Waals surface area (Å²) in [6.07, 6.45) is 2.77. The van der Waals surface area contributed by atoms with Crippen LogP contribution in [0.2, 0.25) is 0 Å². The lowest BCUT2D eigenvalue weighted by atomic mass is 10.2. The molecule has 0 saturated carbocycles. The van der Waals surface area contributed by atoms with E-state index in [0.29, 0.717) is 12.2 Å². The minimum atomic E-state index is -0.435. The van der Waals surface area contributed by atoms with E-state index in [0.717, 1.165) is 32.4 Å². The third-order valence-corrected chi connectivity index (χ3v) is 3.71. The highest BCUT2D eigenvalue weighted by Gasteiger charge is 2.22. The first-order valence-electron chi connectivity index (χ1n) is 7.10. The lowest BCUT2D eigenvalue weighted by molar-refractivity contribution is 0.414. The Morgan fingerprint density at radius 1 is 1.45 bits per heavy atom.